The zero-order chi connectivity index (χ0) is 8.53. The van der Waals surface area contributed by atoms with Crippen molar-refractivity contribution in [3.8, 4) is 0 Å². The second-order valence-electron chi connectivity index (χ2n) is 2.72. The molecule has 3 heteroatoms. The Morgan fingerprint density at radius 3 is 1.69 bits per heavy atom. The van der Waals surface area contributed by atoms with Gasteiger partial charge in [-0.3, -0.25) is 0 Å². The number of rotatable bonds is 1. The maximum atomic E-state index is 8.50. The van der Waals surface area contributed by atoms with E-state index in [0.29, 0.717) is 0 Å². The third-order valence-corrected chi connectivity index (χ3v) is 1.98. The molecule has 0 N–H and O–H groups in total. The van der Waals surface area contributed by atoms with E-state index in [1.165, 1.54) is 32.1 Å². The van der Waals surface area contributed by atoms with E-state index >= 15 is 0 Å². The molecule has 1 rings (SSSR count). The fourth-order valence-electron chi connectivity index (χ4n) is 1.37. The van der Waals surface area contributed by atoms with Gasteiger partial charge in [0.1, 0.15) is 0 Å². The van der Waals surface area contributed by atoms with Crippen LogP contribution in [0.15, 0.2) is 12.7 Å². The van der Waals surface area contributed by atoms with Crippen LogP contribution in [0, 0.1) is 20.8 Å². The van der Waals surface area contributed by atoms with E-state index in [1.807, 2.05) is 0 Å². The van der Waals surface area contributed by atoms with Crippen LogP contribution in [0.25, 0.3) is 0 Å². The molecule has 78 valence electrons. The first-order valence-corrected chi connectivity index (χ1v) is 5.24. The van der Waals surface area contributed by atoms with Gasteiger partial charge in [-0.2, -0.15) is 0 Å². The molecule has 0 aromatic carbocycles. The molecule has 0 aromatic heterocycles. The molecular formula is C10H20O2Ti-2. The fraction of sp³-hybridized carbons (Fsp3) is 0.600. The molecule has 0 saturated heterocycles. The van der Waals surface area contributed by atoms with E-state index in [2.05, 4.69) is 12.7 Å². The van der Waals surface area contributed by atoms with Crippen LogP contribution in [0.5, 0.6) is 0 Å². The quantitative estimate of drug-likeness (QED) is 0.385. The molecule has 0 aliphatic heterocycles. The Morgan fingerprint density at radius 1 is 1.08 bits per heavy atom. The van der Waals surface area contributed by atoms with Crippen molar-refractivity contribution >= 4 is 0 Å². The van der Waals surface area contributed by atoms with E-state index in [0.717, 1.165) is 5.92 Å². The van der Waals surface area contributed by atoms with Crippen molar-refractivity contribution in [3.63, 3.8) is 0 Å². The predicted molar refractivity (Wildman–Crippen MR) is 51.0 cm³/mol. The normalized spacial score (nSPS) is 14.8. The third kappa shape index (κ3) is 12.1. The Kier molecular flexibility index (Phi) is 21.0. The summed E-state index contributed by atoms with van der Waals surface area (Å²) in [5, 5.41) is 0. The van der Waals surface area contributed by atoms with Crippen molar-refractivity contribution in [2.24, 2.45) is 5.92 Å². The Balaban J connectivity index is -0.000000180. The average molecular weight is 220 g/mol. The minimum atomic E-state index is -2.00. The molecule has 2 nitrogen and oxygen atoms in total. The summed E-state index contributed by atoms with van der Waals surface area (Å²) >= 11 is -2.00. The first-order valence-electron chi connectivity index (χ1n) is 3.97. The van der Waals surface area contributed by atoms with Crippen LogP contribution in [-0.2, 0) is 25.7 Å². The summed E-state index contributed by atoms with van der Waals surface area (Å²) in [5.41, 5.74) is 0. The molecule has 0 heterocycles. The molecule has 1 saturated carbocycles. The Morgan fingerprint density at radius 2 is 1.46 bits per heavy atom. The van der Waals surface area contributed by atoms with E-state index in [1.54, 1.807) is 0 Å². The Bertz CT molecular complexity index is 134. The molecule has 0 radical (unpaired) electrons. The average Bonchev–Trinajstić information content (AvgIpc) is 2.08. The summed E-state index contributed by atoms with van der Waals surface area (Å²) < 4.78 is 17.0. The number of hydrogen-bond acceptors (Lipinski definition) is 2. The van der Waals surface area contributed by atoms with E-state index < -0.39 is 19.1 Å². The van der Waals surface area contributed by atoms with Crippen molar-refractivity contribution in [1.29, 1.82) is 0 Å². The van der Waals surface area contributed by atoms with E-state index in [-0.39, 0.29) is 14.9 Å². The topological polar surface area (TPSA) is 34.1 Å². The van der Waals surface area contributed by atoms with Gasteiger partial charge >= 0.3 is 25.7 Å². The van der Waals surface area contributed by atoms with Crippen LogP contribution in [0.4, 0.5) is 0 Å². The van der Waals surface area contributed by atoms with Crippen molar-refractivity contribution in [2.45, 2.75) is 32.1 Å². The number of allylic oxidation sites excluding steroid dienone is 1. The van der Waals surface area contributed by atoms with Gasteiger partial charge in [-0.05, 0) is 18.8 Å². The molecule has 0 aromatic rings. The summed E-state index contributed by atoms with van der Waals surface area (Å²) in [6, 6.07) is 0. The van der Waals surface area contributed by atoms with Crippen LogP contribution in [0.3, 0.4) is 0 Å². The molecular weight excluding hydrogens is 200 g/mol. The van der Waals surface area contributed by atoms with E-state index in [4.69, 9.17) is 6.65 Å². The zero-order valence-corrected chi connectivity index (χ0v) is 10.3. The van der Waals surface area contributed by atoms with Crippen LogP contribution in [0.1, 0.15) is 32.1 Å². The fourth-order valence-corrected chi connectivity index (χ4v) is 1.37. The van der Waals surface area contributed by atoms with Gasteiger partial charge in [-0.1, -0.05) is 25.3 Å². The van der Waals surface area contributed by atoms with Crippen LogP contribution < -0.4 is 0 Å². The van der Waals surface area contributed by atoms with Crippen LogP contribution in [-0.4, -0.2) is 0 Å². The molecule has 0 spiro atoms. The summed E-state index contributed by atoms with van der Waals surface area (Å²) in [5.74, 6) is 0.851. The van der Waals surface area contributed by atoms with Gasteiger partial charge < -0.3 is 14.9 Å². The van der Waals surface area contributed by atoms with E-state index in [9.17, 15) is 0 Å². The molecule has 0 amide bonds. The first-order chi connectivity index (χ1) is 5.35. The standard InChI is InChI=1S/C8H14.2CH3.2O.Ti/c1-2-8-6-4-3-5-7-8;;;;;/h2,8H,1,3-7H2;2*1H3;;;/q;2*-1;;;. The molecule has 0 bridgehead atoms. The van der Waals surface area contributed by atoms with Gasteiger partial charge in [0.2, 0.25) is 0 Å². The van der Waals surface area contributed by atoms with Crippen molar-refractivity contribution in [1.82, 2.24) is 0 Å². The van der Waals surface area contributed by atoms with Gasteiger partial charge in [-0.25, -0.2) is 0 Å². The zero-order valence-electron chi connectivity index (χ0n) is 8.71. The summed E-state index contributed by atoms with van der Waals surface area (Å²) in [7, 11) is 0. The maximum absolute atomic E-state index is 8.50. The molecule has 1 aliphatic carbocycles. The van der Waals surface area contributed by atoms with Crippen LogP contribution in [0.2, 0.25) is 0 Å². The van der Waals surface area contributed by atoms with Gasteiger partial charge in [-0.15, -0.1) is 6.58 Å². The molecule has 0 unspecified atom stereocenters. The van der Waals surface area contributed by atoms with Gasteiger partial charge in [0.15, 0.2) is 0 Å². The second kappa shape index (κ2) is 14.6. The molecule has 13 heavy (non-hydrogen) atoms. The SMILES string of the molecule is C=CC1CCCCC1.[CH3-].[CH3-].[O]=[Ti]=[O]. The van der Waals surface area contributed by atoms with Crippen molar-refractivity contribution in [3.05, 3.63) is 27.5 Å². The van der Waals surface area contributed by atoms with Gasteiger partial charge in [0, 0.05) is 0 Å². The monoisotopic (exact) mass is 220 g/mol. The second-order valence-corrected chi connectivity index (χ2v) is 2.98. The Labute approximate surface area is 91.4 Å². The third-order valence-electron chi connectivity index (χ3n) is 1.98. The summed E-state index contributed by atoms with van der Waals surface area (Å²) in [4.78, 5) is 0. The molecule has 1 fully saturated rings. The minimum absolute atomic E-state index is 0. The Hall–Kier alpha value is 0.0543. The first kappa shape index (κ1) is 18.8. The molecule has 1 aliphatic rings. The summed E-state index contributed by atoms with van der Waals surface area (Å²) in [6.07, 6.45) is 9.20. The van der Waals surface area contributed by atoms with Crippen LogP contribution >= 0.6 is 0 Å². The molecule has 0 atom stereocenters. The van der Waals surface area contributed by atoms with Gasteiger partial charge in [0.25, 0.3) is 0 Å². The summed E-state index contributed by atoms with van der Waals surface area (Å²) in [6.45, 7) is 3.78. The van der Waals surface area contributed by atoms with Crippen molar-refractivity contribution in [2.75, 3.05) is 0 Å². The predicted octanol–water partition coefficient (Wildman–Crippen LogP) is 3.41. The van der Waals surface area contributed by atoms with Crippen molar-refractivity contribution < 1.29 is 25.7 Å². The van der Waals surface area contributed by atoms with Gasteiger partial charge in [0.05, 0.1) is 0 Å². The number of hydrogen-bond donors (Lipinski definition) is 0.